The number of Topliss-reactive ketones (excluding diaryl/α,β-unsaturated/α-hetero) is 1. The van der Waals surface area contributed by atoms with Crippen LogP contribution in [0.15, 0.2) is 34.9 Å². The molecule has 0 heterocycles. The molecule has 0 unspecified atom stereocenters. The monoisotopic (exact) mass is 304 g/mol. The zero-order valence-corrected chi connectivity index (χ0v) is 12.9. The van der Waals surface area contributed by atoms with E-state index in [-0.39, 0.29) is 18.0 Å². The van der Waals surface area contributed by atoms with E-state index in [1.807, 2.05) is 6.07 Å². The fourth-order valence-electron chi connectivity index (χ4n) is 1.53. The van der Waals surface area contributed by atoms with Gasteiger partial charge in [-0.05, 0) is 44.4 Å². The molecule has 1 aromatic rings. The van der Waals surface area contributed by atoms with E-state index in [0.29, 0.717) is 16.3 Å². The van der Waals surface area contributed by atoms with Crippen molar-refractivity contribution in [2.45, 2.75) is 13.8 Å². The third-order valence-electron chi connectivity index (χ3n) is 2.57. The summed E-state index contributed by atoms with van der Waals surface area (Å²) in [6.45, 7) is 3.38. The molecule has 0 saturated carbocycles. The van der Waals surface area contributed by atoms with E-state index in [1.54, 1.807) is 37.4 Å². The fourth-order valence-corrected chi connectivity index (χ4v) is 2.08. The summed E-state index contributed by atoms with van der Waals surface area (Å²) in [6, 6.07) is 8.65. The van der Waals surface area contributed by atoms with Gasteiger partial charge in [0.2, 0.25) is 0 Å². The Labute approximate surface area is 128 Å². The maximum atomic E-state index is 11.7. The Morgan fingerprint density at radius 3 is 2.38 bits per heavy atom. The van der Waals surface area contributed by atoms with Gasteiger partial charge in [0.05, 0.1) is 11.6 Å². The van der Waals surface area contributed by atoms with Crippen molar-refractivity contribution in [1.29, 1.82) is 5.26 Å². The molecule has 1 rings (SSSR count). The molecule has 0 bridgehead atoms. The van der Waals surface area contributed by atoms with Crippen molar-refractivity contribution in [2.24, 2.45) is 0 Å². The maximum Gasteiger partial charge on any atom is 0.351 e. The Morgan fingerprint density at radius 1 is 1.33 bits per heavy atom. The molecule has 1 aromatic carbocycles. The number of hydrogen-bond donors (Lipinski definition) is 1. The summed E-state index contributed by atoms with van der Waals surface area (Å²) < 4.78 is 4.85. The molecule has 0 amide bonds. The zero-order chi connectivity index (χ0) is 15.8. The second-order valence-corrected chi connectivity index (χ2v) is 4.82. The highest BCUT2D eigenvalue weighted by molar-refractivity contribution is 8.02. The number of anilines is 1. The molecule has 0 aromatic heterocycles. The molecule has 110 valence electrons. The van der Waals surface area contributed by atoms with Gasteiger partial charge in [-0.25, -0.2) is 4.79 Å². The Bertz CT molecular complexity index is 600. The number of nitrogens with one attached hydrogen (secondary N) is 1. The maximum absolute atomic E-state index is 11.7. The van der Waals surface area contributed by atoms with Gasteiger partial charge in [0.1, 0.15) is 6.07 Å². The average molecular weight is 304 g/mol. The first-order chi connectivity index (χ1) is 10.0. The lowest BCUT2D eigenvalue weighted by Gasteiger charge is -2.11. The van der Waals surface area contributed by atoms with Gasteiger partial charge in [-0.1, -0.05) is 0 Å². The van der Waals surface area contributed by atoms with Gasteiger partial charge in [-0.15, -0.1) is 11.8 Å². The summed E-state index contributed by atoms with van der Waals surface area (Å²) in [5, 5.41) is 12.5. The van der Waals surface area contributed by atoms with Gasteiger partial charge in [0, 0.05) is 11.3 Å². The number of ether oxygens (including phenoxy) is 1. The first kappa shape index (κ1) is 16.8. The average Bonchev–Trinajstić information content (AvgIpc) is 2.47. The number of esters is 1. The fraction of sp³-hybridized carbons (Fsp3) is 0.267. The van der Waals surface area contributed by atoms with Gasteiger partial charge in [0.25, 0.3) is 0 Å². The highest BCUT2D eigenvalue weighted by Crippen LogP contribution is 2.21. The summed E-state index contributed by atoms with van der Waals surface area (Å²) in [6.07, 6.45) is 1.75. The van der Waals surface area contributed by atoms with Crippen molar-refractivity contribution in [3.05, 3.63) is 40.4 Å². The third kappa shape index (κ3) is 4.65. The molecule has 5 nitrogen and oxygen atoms in total. The lowest BCUT2D eigenvalue weighted by atomic mass is 10.1. The first-order valence-electron chi connectivity index (χ1n) is 6.27. The van der Waals surface area contributed by atoms with E-state index < -0.39 is 5.97 Å². The van der Waals surface area contributed by atoms with Crippen LogP contribution in [-0.4, -0.2) is 24.6 Å². The molecular formula is C15H16N2O3S. The minimum atomic E-state index is -0.655. The molecule has 1 N–H and O–H groups in total. The summed E-state index contributed by atoms with van der Waals surface area (Å²) in [5.41, 5.74) is 1.21. The number of carbonyl (C=O) groups is 2. The van der Waals surface area contributed by atoms with Crippen LogP contribution in [0, 0.1) is 11.3 Å². The smallest absolute Gasteiger partial charge is 0.351 e. The van der Waals surface area contributed by atoms with Crippen molar-refractivity contribution >= 4 is 29.2 Å². The van der Waals surface area contributed by atoms with Crippen molar-refractivity contribution in [3.8, 4) is 6.07 Å². The van der Waals surface area contributed by atoms with Crippen LogP contribution in [0.2, 0.25) is 0 Å². The van der Waals surface area contributed by atoms with Gasteiger partial charge in [0.15, 0.2) is 11.4 Å². The summed E-state index contributed by atoms with van der Waals surface area (Å²) in [5.74, 6) is -0.677. The summed E-state index contributed by atoms with van der Waals surface area (Å²) in [4.78, 5) is 22.9. The lowest BCUT2D eigenvalue weighted by molar-refractivity contribution is -0.138. The normalized spacial score (nSPS) is 11.1. The molecule has 0 aliphatic rings. The number of benzene rings is 1. The molecule has 0 saturated heterocycles. The highest BCUT2D eigenvalue weighted by atomic mass is 32.2. The van der Waals surface area contributed by atoms with E-state index in [1.165, 1.54) is 18.7 Å². The molecule has 0 fully saturated rings. The van der Waals surface area contributed by atoms with E-state index in [2.05, 4.69) is 5.32 Å². The third-order valence-corrected chi connectivity index (χ3v) is 3.29. The van der Waals surface area contributed by atoms with Crippen molar-refractivity contribution in [1.82, 2.24) is 0 Å². The molecule has 0 atom stereocenters. The van der Waals surface area contributed by atoms with E-state index in [0.717, 1.165) is 0 Å². The molecule has 0 radical (unpaired) electrons. The number of carbonyl (C=O) groups excluding carboxylic acids is 2. The largest absolute Gasteiger partial charge is 0.462 e. The van der Waals surface area contributed by atoms with Crippen molar-refractivity contribution in [2.75, 3.05) is 18.2 Å². The number of ketones is 1. The Kier molecular flexibility index (Phi) is 6.50. The predicted molar refractivity (Wildman–Crippen MR) is 82.9 cm³/mol. The molecular weight excluding hydrogens is 288 g/mol. The molecule has 0 aliphatic carbocycles. The number of nitrogens with zero attached hydrogens (tertiary/aromatic N) is 1. The second-order valence-electron chi connectivity index (χ2n) is 4.00. The van der Waals surface area contributed by atoms with Crippen LogP contribution in [0.3, 0.4) is 0 Å². The van der Waals surface area contributed by atoms with E-state index >= 15 is 0 Å². The number of nitriles is 1. The summed E-state index contributed by atoms with van der Waals surface area (Å²) >= 11 is 1.24. The van der Waals surface area contributed by atoms with E-state index in [4.69, 9.17) is 10.00 Å². The van der Waals surface area contributed by atoms with Gasteiger partial charge in [-0.2, -0.15) is 5.26 Å². The highest BCUT2D eigenvalue weighted by Gasteiger charge is 2.16. The first-order valence-corrected chi connectivity index (χ1v) is 7.49. The minimum absolute atomic E-state index is 0.0218. The van der Waals surface area contributed by atoms with E-state index in [9.17, 15) is 9.59 Å². The van der Waals surface area contributed by atoms with Crippen LogP contribution < -0.4 is 5.32 Å². The van der Waals surface area contributed by atoms with Crippen LogP contribution in [0.5, 0.6) is 0 Å². The predicted octanol–water partition coefficient (Wildman–Crippen LogP) is 2.96. The standard InChI is InChI=1S/C15H16N2O3S/c1-4-20-15(19)13(9-16)14(21-3)17-12-7-5-11(6-8-12)10(2)18/h5-8,17H,4H2,1-3H3/b14-13+. The van der Waals surface area contributed by atoms with Crippen LogP contribution >= 0.6 is 11.8 Å². The van der Waals surface area contributed by atoms with Crippen molar-refractivity contribution in [3.63, 3.8) is 0 Å². The van der Waals surface area contributed by atoms with Crippen LogP contribution in [-0.2, 0) is 9.53 Å². The number of rotatable bonds is 6. The zero-order valence-electron chi connectivity index (χ0n) is 12.1. The Balaban J connectivity index is 3.02. The minimum Gasteiger partial charge on any atom is -0.462 e. The SMILES string of the molecule is CCOC(=O)/C(C#N)=C(\Nc1ccc(C(C)=O)cc1)SC. The van der Waals surface area contributed by atoms with Gasteiger partial charge in [-0.3, -0.25) is 4.79 Å². The molecule has 0 spiro atoms. The Hall–Kier alpha value is -2.26. The quantitative estimate of drug-likeness (QED) is 0.377. The van der Waals surface area contributed by atoms with Crippen molar-refractivity contribution < 1.29 is 14.3 Å². The second kappa shape index (κ2) is 8.12. The Morgan fingerprint density at radius 2 is 1.95 bits per heavy atom. The van der Waals surface area contributed by atoms with Crippen LogP contribution in [0.1, 0.15) is 24.2 Å². The number of thioether (sulfide) groups is 1. The number of hydrogen-bond acceptors (Lipinski definition) is 6. The molecule has 21 heavy (non-hydrogen) atoms. The van der Waals surface area contributed by atoms with Crippen LogP contribution in [0.25, 0.3) is 0 Å². The molecule has 6 heteroatoms. The molecule has 0 aliphatic heterocycles. The van der Waals surface area contributed by atoms with Crippen LogP contribution in [0.4, 0.5) is 5.69 Å². The van der Waals surface area contributed by atoms with Gasteiger partial charge >= 0.3 is 5.97 Å². The van der Waals surface area contributed by atoms with Gasteiger partial charge < -0.3 is 10.1 Å². The topological polar surface area (TPSA) is 79.2 Å². The summed E-state index contributed by atoms with van der Waals surface area (Å²) in [7, 11) is 0. The lowest BCUT2D eigenvalue weighted by Crippen LogP contribution is -2.11.